The number of hydrogen-bond acceptors (Lipinski definition) is 7. The maximum absolute atomic E-state index is 12.2. The van der Waals surface area contributed by atoms with Crippen LogP contribution in [0.3, 0.4) is 0 Å². The van der Waals surface area contributed by atoms with Crippen molar-refractivity contribution < 1.29 is 23.1 Å². The predicted octanol–water partition coefficient (Wildman–Crippen LogP) is 2.21. The summed E-state index contributed by atoms with van der Waals surface area (Å²) in [6.07, 6.45) is 0. The average Bonchev–Trinajstić information content (AvgIpc) is 2.95. The summed E-state index contributed by atoms with van der Waals surface area (Å²) in [6.45, 7) is 2.85. The molecule has 0 bridgehead atoms. The van der Waals surface area contributed by atoms with Crippen LogP contribution in [-0.4, -0.2) is 30.3 Å². The molecule has 0 aliphatic heterocycles. The first-order chi connectivity index (χ1) is 9.70. The van der Waals surface area contributed by atoms with Crippen LogP contribution in [0.4, 0.5) is 5.13 Å². The summed E-state index contributed by atoms with van der Waals surface area (Å²) >= 11 is 1.65. The van der Waals surface area contributed by atoms with Crippen molar-refractivity contribution in [2.45, 2.75) is 18.1 Å². The number of carboxylic acids is 1. The van der Waals surface area contributed by atoms with Crippen LogP contribution < -0.4 is 4.72 Å². The van der Waals surface area contributed by atoms with E-state index in [2.05, 4.69) is 9.71 Å². The summed E-state index contributed by atoms with van der Waals surface area (Å²) in [5.41, 5.74) is 0.544. The van der Waals surface area contributed by atoms with E-state index in [9.17, 15) is 18.0 Å². The summed E-state index contributed by atoms with van der Waals surface area (Å²) in [7, 11) is -3.92. The molecule has 2 aromatic heterocycles. The molecule has 0 fully saturated rings. The summed E-state index contributed by atoms with van der Waals surface area (Å²) < 4.78 is 26.4. The lowest BCUT2D eigenvalue weighted by Crippen LogP contribution is -2.11. The van der Waals surface area contributed by atoms with Gasteiger partial charge in [-0.3, -0.25) is 9.52 Å². The number of carbonyl (C=O) groups excluding carboxylic acids is 1. The van der Waals surface area contributed by atoms with Crippen LogP contribution in [0.2, 0.25) is 0 Å². The van der Waals surface area contributed by atoms with Gasteiger partial charge in [-0.1, -0.05) is 0 Å². The van der Waals surface area contributed by atoms with Gasteiger partial charge in [-0.05, 0) is 18.6 Å². The molecule has 0 aromatic carbocycles. The number of aromatic nitrogens is 1. The van der Waals surface area contributed by atoms with Crippen molar-refractivity contribution in [1.82, 2.24) is 4.98 Å². The first-order valence-corrected chi connectivity index (χ1v) is 8.71. The Hall–Kier alpha value is -1.78. The van der Waals surface area contributed by atoms with Gasteiger partial charge in [-0.2, -0.15) is 0 Å². The molecule has 7 nitrogen and oxygen atoms in total. The van der Waals surface area contributed by atoms with E-state index < -0.39 is 16.0 Å². The number of aromatic carboxylic acids is 1. The van der Waals surface area contributed by atoms with Crippen LogP contribution in [0.15, 0.2) is 15.7 Å². The van der Waals surface area contributed by atoms with Crippen molar-refractivity contribution in [2.24, 2.45) is 0 Å². The lowest BCUT2D eigenvalue weighted by Gasteiger charge is -2.01. The van der Waals surface area contributed by atoms with Crippen molar-refractivity contribution in [3.8, 4) is 0 Å². The van der Waals surface area contributed by atoms with Gasteiger partial charge in [0.15, 0.2) is 10.9 Å². The number of aryl methyl sites for hydroxylation is 1. The Bertz CT molecular complexity index is 819. The second-order valence-electron chi connectivity index (χ2n) is 4.08. The molecule has 0 saturated heterocycles. The SMILES string of the molecule is CC(=O)c1csc(NS(=O)(=O)c2cc(C)c(C(=O)O)s2)n1. The number of anilines is 1. The van der Waals surface area contributed by atoms with Crippen LogP contribution in [0.25, 0.3) is 0 Å². The van der Waals surface area contributed by atoms with Crippen molar-refractivity contribution in [3.05, 3.63) is 27.6 Å². The highest BCUT2D eigenvalue weighted by Crippen LogP contribution is 2.28. The van der Waals surface area contributed by atoms with Crippen molar-refractivity contribution >= 4 is 49.6 Å². The second-order valence-corrected chi connectivity index (χ2v) is 7.90. The lowest BCUT2D eigenvalue weighted by atomic mass is 10.3. The lowest BCUT2D eigenvalue weighted by molar-refractivity contribution is 0.0701. The molecule has 10 heteroatoms. The van der Waals surface area contributed by atoms with E-state index in [4.69, 9.17) is 5.11 Å². The molecule has 0 spiro atoms. The topological polar surface area (TPSA) is 113 Å². The molecular formula is C11H10N2O5S3. The maximum Gasteiger partial charge on any atom is 0.346 e. The number of thiazole rings is 1. The Morgan fingerprint density at radius 1 is 1.38 bits per heavy atom. The molecule has 0 saturated carbocycles. The third-order valence-corrected chi connectivity index (χ3v) is 6.37. The Balaban J connectivity index is 2.31. The Kier molecular flexibility index (Phi) is 4.12. The minimum Gasteiger partial charge on any atom is -0.477 e. The van der Waals surface area contributed by atoms with E-state index in [0.717, 1.165) is 11.3 Å². The molecule has 0 unspecified atom stereocenters. The molecule has 2 heterocycles. The molecule has 21 heavy (non-hydrogen) atoms. The molecule has 0 aliphatic rings. The minimum atomic E-state index is -3.92. The molecule has 0 aliphatic carbocycles. The van der Waals surface area contributed by atoms with E-state index in [1.54, 1.807) is 0 Å². The third kappa shape index (κ3) is 3.28. The zero-order valence-electron chi connectivity index (χ0n) is 10.9. The summed E-state index contributed by atoms with van der Waals surface area (Å²) in [6, 6.07) is 1.29. The van der Waals surface area contributed by atoms with Gasteiger partial charge in [0.2, 0.25) is 0 Å². The summed E-state index contributed by atoms with van der Waals surface area (Å²) in [5.74, 6) is -1.44. The third-order valence-electron chi connectivity index (χ3n) is 2.44. The van der Waals surface area contributed by atoms with Crippen LogP contribution in [-0.2, 0) is 10.0 Å². The van der Waals surface area contributed by atoms with Gasteiger partial charge in [0.25, 0.3) is 10.0 Å². The average molecular weight is 346 g/mol. The molecule has 0 amide bonds. The molecule has 0 radical (unpaired) electrons. The number of nitrogens with zero attached hydrogens (tertiary/aromatic N) is 1. The van der Waals surface area contributed by atoms with E-state index in [0.29, 0.717) is 16.9 Å². The Morgan fingerprint density at radius 2 is 2.05 bits per heavy atom. The van der Waals surface area contributed by atoms with Crippen molar-refractivity contribution in [2.75, 3.05) is 4.72 Å². The number of ketones is 1. The highest BCUT2D eigenvalue weighted by molar-refractivity contribution is 7.94. The zero-order chi connectivity index (χ0) is 15.8. The standard InChI is InChI=1S/C11H10N2O5S3/c1-5-3-8(20-9(5)10(15)16)21(17,18)13-11-12-7(4-19-11)6(2)14/h3-4H,1-2H3,(H,12,13)(H,15,16). The number of nitrogens with one attached hydrogen (secondary N) is 1. The quantitative estimate of drug-likeness (QED) is 0.803. The van der Waals surface area contributed by atoms with E-state index in [1.165, 1.54) is 25.3 Å². The van der Waals surface area contributed by atoms with Crippen molar-refractivity contribution in [3.63, 3.8) is 0 Å². The van der Waals surface area contributed by atoms with Gasteiger partial charge in [0.05, 0.1) is 0 Å². The summed E-state index contributed by atoms with van der Waals surface area (Å²) in [5, 5.41) is 10.5. The fourth-order valence-corrected chi connectivity index (χ4v) is 4.83. The molecule has 2 N–H and O–H groups in total. The number of sulfonamides is 1. The number of rotatable bonds is 5. The van der Waals surface area contributed by atoms with Gasteiger partial charge in [-0.25, -0.2) is 18.2 Å². The summed E-state index contributed by atoms with van der Waals surface area (Å²) in [4.78, 5) is 25.9. The number of thiophene rings is 1. The highest BCUT2D eigenvalue weighted by Gasteiger charge is 2.23. The van der Waals surface area contributed by atoms with E-state index in [-0.39, 0.29) is 25.7 Å². The first-order valence-electron chi connectivity index (χ1n) is 5.53. The largest absolute Gasteiger partial charge is 0.477 e. The molecule has 112 valence electrons. The fourth-order valence-electron chi connectivity index (χ4n) is 1.45. The zero-order valence-corrected chi connectivity index (χ0v) is 13.4. The van der Waals surface area contributed by atoms with Gasteiger partial charge in [-0.15, -0.1) is 22.7 Å². The van der Waals surface area contributed by atoms with E-state index >= 15 is 0 Å². The normalized spacial score (nSPS) is 11.3. The number of carboxylic acid groups (broad SMARTS) is 1. The van der Waals surface area contributed by atoms with Crippen molar-refractivity contribution in [1.29, 1.82) is 0 Å². The molecular weight excluding hydrogens is 336 g/mol. The minimum absolute atomic E-state index is 0.0288. The number of hydrogen-bond donors (Lipinski definition) is 2. The Morgan fingerprint density at radius 3 is 2.52 bits per heavy atom. The van der Waals surface area contributed by atoms with Crippen LogP contribution in [0, 0.1) is 6.92 Å². The van der Waals surface area contributed by atoms with Crippen LogP contribution >= 0.6 is 22.7 Å². The van der Waals surface area contributed by atoms with Gasteiger partial charge < -0.3 is 5.11 Å². The van der Waals surface area contributed by atoms with Crippen LogP contribution in [0.5, 0.6) is 0 Å². The molecule has 2 aromatic rings. The van der Waals surface area contributed by atoms with Crippen LogP contribution in [0.1, 0.15) is 32.6 Å². The fraction of sp³-hybridized carbons (Fsp3) is 0.182. The Labute approximate surface area is 128 Å². The molecule has 0 atom stereocenters. The number of carbonyl (C=O) groups is 2. The number of Topliss-reactive ketones (excluding diaryl/α,β-unsaturated/α-hetero) is 1. The highest BCUT2D eigenvalue weighted by atomic mass is 32.2. The van der Waals surface area contributed by atoms with Gasteiger partial charge >= 0.3 is 5.97 Å². The van der Waals surface area contributed by atoms with E-state index in [1.807, 2.05) is 0 Å². The predicted molar refractivity (Wildman–Crippen MR) is 78.9 cm³/mol. The van der Waals surface area contributed by atoms with Gasteiger partial charge in [0, 0.05) is 12.3 Å². The van der Waals surface area contributed by atoms with Gasteiger partial charge in [0.1, 0.15) is 14.8 Å². The second kappa shape index (κ2) is 5.54. The first kappa shape index (κ1) is 15.6. The maximum atomic E-state index is 12.2. The smallest absolute Gasteiger partial charge is 0.346 e. The monoisotopic (exact) mass is 346 g/mol. The molecule has 2 rings (SSSR count).